The lowest BCUT2D eigenvalue weighted by molar-refractivity contribution is 0.112. The first kappa shape index (κ1) is 18.8. The van der Waals surface area contributed by atoms with Gasteiger partial charge in [-0.05, 0) is 48.4 Å². The van der Waals surface area contributed by atoms with Crippen molar-refractivity contribution in [3.63, 3.8) is 0 Å². The largest absolute Gasteiger partial charge is 0.360 e. The van der Waals surface area contributed by atoms with Crippen LogP contribution < -0.4 is 0 Å². The number of aromatic nitrogens is 2. The van der Waals surface area contributed by atoms with Gasteiger partial charge in [0, 0.05) is 59.5 Å². The van der Waals surface area contributed by atoms with Crippen LogP contribution in [0.1, 0.15) is 33.6 Å². The van der Waals surface area contributed by atoms with Crippen LogP contribution in [-0.2, 0) is 18.4 Å². The van der Waals surface area contributed by atoms with E-state index >= 15 is 0 Å². The summed E-state index contributed by atoms with van der Waals surface area (Å²) in [5.41, 5.74) is 5.46. The Balaban J connectivity index is 1.51. The van der Waals surface area contributed by atoms with Gasteiger partial charge in [0.25, 0.3) is 0 Å². The summed E-state index contributed by atoms with van der Waals surface area (Å²) in [5.74, 6) is 0. The molecule has 3 heterocycles. The van der Waals surface area contributed by atoms with E-state index in [-0.39, 0.29) is 5.41 Å². The molecule has 1 unspecified atom stereocenters. The molecule has 4 aromatic rings. The number of aromatic amines is 1. The molecule has 1 fully saturated rings. The van der Waals surface area contributed by atoms with Gasteiger partial charge < -0.3 is 4.98 Å². The van der Waals surface area contributed by atoms with Gasteiger partial charge in [-0.1, -0.05) is 42.5 Å². The number of rotatable bonds is 6. The SMILES string of the molecule is O=Cc1c[nH]c2ccc(C3(Cc4ccccn4)CCN(Cc4ccccc4)C3)cc12. The van der Waals surface area contributed by atoms with Crippen molar-refractivity contribution in [1.82, 2.24) is 14.9 Å². The minimum absolute atomic E-state index is 0.0191. The average Bonchev–Trinajstić information content (AvgIpc) is 3.39. The van der Waals surface area contributed by atoms with E-state index in [1.54, 1.807) is 6.20 Å². The second-order valence-electron chi connectivity index (χ2n) is 8.35. The van der Waals surface area contributed by atoms with Crippen LogP contribution in [0.15, 0.2) is 79.1 Å². The van der Waals surface area contributed by atoms with Gasteiger partial charge in [0.15, 0.2) is 6.29 Å². The monoisotopic (exact) mass is 395 g/mol. The third-order valence-electron chi connectivity index (χ3n) is 6.38. The van der Waals surface area contributed by atoms with E-state index in [2.05, 4.69) is 75.5 Å². The summed E-state index contributed by atoms with van der Waals surface area (Å²) < 4.78 is 0. The van der Waals surface area contributed by atoms with Crippen LogP contribution in [0.25, 0.3) is 10.9 Å². The number of hydrogen-bond acceptors (Lipinski definition) is 3. The Kier molecular flexibility index (Phi) is 4.93. The van der Waals surface area contributed by atoms with Gasteiger partial charge in [0.05, 0.1) is 0 Å². The molecule has 4 heteroatoms. The minimum Gasteiger partial charge on any atom is -0.360 e. The predicted octanol–water partition coefficient (Wildman–Crippen LogP) is 4.76. The van der Waals surface area contributed by atoms with Crippen molar-refractivity contribution in [2.24, 2.45) is 0 Å². The molecule has 0 amide bonds. The zero-order valence-corrected chi connectivity index (χ0v) is 16.9. The van der Waals surface area contributed by atoms with E-state index < -0.39 is 0 Å². The second-order valence-corrected chi connectivity index (χ2v) is 8.35. The van der Waals surface area contributed by atoms with Crippen LogP contribution in [-0.4, -0.2) is 34.2 Å². The van der Waals surface area contributed by atoms with E-state index in [9.17, 15) is 4.79 Å². The molecule has 1 atom stereocenters. The number of nitrogens with zero attached hydrogens (tertiary/aromatic N) is 2. The summed E-state index contributed by atoms with van der Waals surface area (Å²) in [7, 11) is 0. The fraction of sp³-hybridized carbons (Fsp3) is 0.231. The Morgan fingerprint density at radius 2 is 1.93 bits per heavy atom. The number of nitrogens with one attached hydrogen (secondary N) is 1. The molecule has 0 saturated carbocycles. The maximum Gasteiger partial charge on any atom is 0.152 e. The summed E-state index contributed by atoms with van der Waals surface area (Å²) in [6.45, 7) is 2.98. The van der Waals surface area contributed by atoms with E-state index in [4.69, 9.17) is 0 Å². The standard InChI is InChI=1S/C26H25N3O/c30-18-21-16-28-25-10-9-22(14-24(21)25)26(15-23-8-4-5-12-27-23)11-13-29(19-26)17-20-6-2-1-3-7-20/h1-10,12,14,16,18,28H,11,13,15,17,19H2. The summed E-state index contributed by atoms with van der Waals surface area (Å²) in [6.07, 6.45) is 6.57. The number of fused-ring (bicyclic) bond motifs is 1. The van der Waals surface area contributed by atoms with Crippen LogP contribution >= 0.6 is 0 Å². The maximum absolute atomic E-state index is 11.5. The van der Waals surface area contributed by atoms with Crippen LogP contribution in [0.3, 0.4) is 0 Å². The lowest BCUT2D eigenvalue weighted by atomic mass is 9.75. The highest BCUT2D eigenvalue weighted by Crippen LogP contribution is 2.39. The normalized spacial score (nSPS) is 19.3. The molecule has 0 spiro atoms. The van der Waals surface area contributed by atoms with Crippen LogP contribution in [0.5, 0.6) is 0 Å². The van der Waals surface area contributed by atoms with Crippen molar-refractivity contribution in [2.75, 3.05) is 13.1 Å². The summed E-state index contributed by atoms with van der Waals surface area (Å²) in [4.78, 5) is 21.9. The molecule has 0 aliphatic carbocycles. The number of likely N-dealkylation sites (tertiary alicyclic amines) is 1. The Morgan fingerprint density at radius 1 is 1.07 bits per heavy atom. The van der Waals surface area contributed by atoms with Crippen LogP contribution in [0, 0.1) is 0 Å². The van der Waals surface area contributed by atoms with Gasteiger partial charge in [-0.2, -0.15) is 0 Å². The number of carbonyl (C=O) groups excluding carboxylic acids is 1. The number of hydrogen-bond donors (Lipinski definition) is 1. The van der Waals surface area contributed by atoms with Crippen molar-refractivity contribution >= 4 is 17.2 Å². The van der Waals surface area contributed by atoms with Crippen molar-refractivity contribution in [3.8, 4) is 0 Å². The molecule has 2 aromatic heterocycles. The first-order valence-electron chi connectivity index (χ1n) is 10.5. The molecule has 1 saturated heterocycles. The summed E-state index contributed by atoms with van der Waals surface area (Å²) in [5, 5.41) is 1.00. The Hall–Kier alpha value is -3.24. The smallest absolute Gasteiger partial charge is 0.152 e. The highest BCUT2D eigenvalue weighted by molar-refractivity contribution is 5.97. The fourth-order valence-electron chi connectivity index (χ4n) is 4.84. The predicted molar refractivity (Wildman–Crippen MR) is 120 cm³/mol. The van der Waals surface area contributed by atoms with Crippen molar-refractivity contribution in [1.29, 1.82) is 0 Å². The Labute approximate surface area is 176 Å². The third kappa shape index (κ3) is 3.55. The molecule has 1 N–H and O–H groups in total. The van der Waals surface area contributed by atoms with Crippen molar-refractivity contribution < 1.29 is 4.79 Å². The topological polar surface area (TPSA) is 49.0 Å². The quantitative estimate of drug-likeness (QED) is 0.479. The highest BCUT2D eigenvalue weighted by Gasteiger charge is 2.40. The molecule has 4 nitrogen and oxygen atoms in total. The van der Waals surface area contributed by atoms with Crippen molar-refractivity contribution in [3.05, 3.63) is 102 Å². The van der Waals surface area contributed by atoms with Gasteiger partial charge in [0.1, 0.15) is 0 Å². The summed E-state index contributed by atoms with van der Waals surface area (Å²) >= 11 is 0. The Morgan fingerprint density at radius 3 is 2.73 bits per heavy atom. The lowest BCUT2D eigenvalue weighted by Gasteiger charge is -2.30. The molecule has 0 bridgehead atoms. The molecule has 2 aromatic carbocycles. The molecule has 150 valence electrons. The zero-order chi connectivity index (χ0) is 20.4. The third-order valence-corrected chi connectivity index (χ3v) is 6.38. The van der Waals surface area contributed by atoms with E-state index in [1.165, 1.54) is 11.1 Å². The molecular weight excluding hydrogens is 370 g/mol. The first-order valence-corrected chi connectivity index (χ1v) is 10.5. The first-order chi connectivity index (χ1) is 14.8. The maximum atomic E-state index is 11.5. The highest BCUT2D eigenvalue weighted by atomic mass is 16.1. The van der Waals surface area contributed by atoms with Gasteiger partial charge in [-0.25, -0.2) is 0 Å². The number of carbonyl (C=O) groups is 1. The number of aldehydes is 1. The molecular formula is C26H25N3O. The zero-order valence-electron chi connectivity index (χ0n) is 16.9. The van der Waals surface area contributed by atoms with Crippen LogP contribution in [0.4, 0.5) is 0 Å². The van der Waals surface area contributed by atoms with E-state index in [1.807, 2.05) is 12.3 Å². The van der Waals surface area contributed by atoms with Gasteiger partial charge >= 0.3 is 0 Å². The minimum atomic E-state index is -0.0191. The molecule has 30 heavy (non-hydrogen) atoms. The number of pyridine rings is 1. The average molecular weight is 396 g/mol. The van der Waals surface area contributed by atoms with E-state index in [0.717, 1.165) is 60.9 Å². The van der Waals surface area contributed by atoms with Gasteiger partial charge in [0.2, 0.25) is 0 Å². The fourth-order valence-corrected chi connectivity index (χ4v) is 4.84. The van der Waals surface area contributed by atoms with Gasteiger partial charge in [-0.3, -0.25) is 14.7 Å². The molecule has 1 aliphatic rings. The second kappa shape index (κ2) is 7.88. The van der Waals surface area contributed by atoms with Crippen LogP contribution in [0.2, 0.25) is 0 Å². The number of H-pyrrole nitrogens is 1. The van der Waals surface area contributed by atoms with Gasteiger partial charge in [-0.15, -0.1) is 0 Å². The number of benzene rings is 2. The molecule has 1 aliphatic heterocycles. The Bertz CT molecular complexity index is 1150. The molecule has 0 radical (unpaired) electrons. The van der Waals surface area contributed by atoms with Crippen molar-refractivity contribution in [2.45, 2.75) is 24.8 Å². The van der Waals surface area contributed by atoms with E-state index in [0.29, 0.717) is 0 Å². The molecule has 5 rings (SSSR count). The lowest BCUT2D eigenvalue weighted by Crippen LogP contribution is -2.33. The summed E-state index contributed by atoms with van der Waals surface area (Å²) in [6, 6.07) is 23.4.